The first-order valence-corrected chi connectivity index (χ1v) is 12.8. The van der Waals surface area contributed by atoms with Gasteiger partial charge in [-0.05, 0) is 31.0 Å². The fraction of sp³-hybridized carbons (Fsp3) is 0.591. The van der Waals surface area contributed by atoms with Crippen LogP contribution in [-0.4, -0.2) is 81.0 Å². The molecule has 0 radical (unpaired) electrons. The number of rotatable bonds is 10. The summed E-state index contributed by atoms with van der Waals surface area (Å²) in [6, 6.07) is 3.55. The number of imide groups is 1. The third kappa shape index (κ3) is 5.18. The smallest absolute Gasteiger partial charge is 0.325 e. The molecule has 4 amide bonds. The molecule has 2 aliphatic heterocycles. The van der Waals surface area contributed by atoms with Crippen LogP contribution in [0.1, 0.15) is 39.5 Å². The van der Waals surface area contributed by atoms with E-state index >= 15 is 0 Å². The zero-order chi connectivity index (χ0) is 24.9. The molecule has 3 rings (SSSR count). The van der Waals surface area contributed by atoms with E-state index in [0.29, 0.717) is 38.9 Å². The van der Waals surface area contributed by atoms with E-state index in [9.17, 15) is 22.8 Å². The van der Waals surface area contributed by atoms with Gasteiger partial charge in [0, 0.05) is 13.1 Å². The van der Waals surface area contributed by atoms with Gasteiger partial charge in [-0.25, -0.2) is 13.2 Å². The molecule has 2 heterocycles. The highest BCUT2D eigenvalue weighted by Gasteiger charge is 2.50. The van der Waals surface area contributed by atoms with E-state index in [-0.39, 0.29) is 29.4 Å². The topological polar surface area (TPSA) is 134 Å². The highest BCUT2D eigenvalue weighted by Crippen LogP contribution is 2.30. The van der Waals surface area contributed by atoms with E-state index < -0.39 is 40.0 Å². The van der Waals surface area contributed by atoms with Crippen molar-refractivity contribution in [3.05, 3.63) is 18.2 Å². The lowest BCUT2D eigenvalue weighted by Gasteiger charge is -2.26. The van der Waals surface area contributed by atoms with Crippen LogP contribution in [0.5, 0.6) is 5.75 Å². The molecule has 11 nitrogen and oxygen atoms in total. The number of amides is 4. The Morgan fingerprint density at radius 2 is 1.82 bits per heavy atom. The molecule has 12 heteroatoms. The molecular formula is C22H32N4O7S. The lowest BCUT2D eigenvalue weighted by Crippen LogP contribution is -2.47. The Labute approximate surface area is 199 Å². The van der Waals surface area contributed by atoms with Crippen molar-refractivity contribution >= 4 is 33.6 Å². The second kappa shape index (κ2) is 10.7. The van der Waals surface area contributed by atoms with Crippen LogP contribution in [0.2, 0.25) is 0 Å². The molecular weight excluding hydrogens is 464 g/mol. The molecule has 188 valence electrons. The van der Waals surface area contributed by atoms with Gasteiger partial charge in [0.1, 0.15) is 17.8 Å². The summed E-state index contributed by atoms with van der Waals surface area (Å²) < 4.78 is 37.8. The quantitative estimate of drug-likeness (QED) is 0.469. The highest BCUT2D eigenvalue weighted by atomic mass is 32.2. The molecule has 0 spiro atoms. The van der Waals surface area contributed by atoms with Gasteiger partial charge in [0.2, 0.25) is 15.9 Å². The molecule has 0 bridgehead atoms. The molecule has 0 atom stereocenters. The molecule has 2 saturated heterocycles. The molecule has 0 unspecified atom stereocenters. The number of methoxy groups -OCH3 is 1. The van der Waals surface area contributed by atoms with E-state index in [1.165, 1.54) is 29.6 Å². The number of sulfonamides is 1. The normalized spacial score (nSPS) is 18.6. The van der Waals surface area contributed by atoms with Crippen molar-refractivity contribution in [2.75, 3.05) is 45.3 Å². The zero-order valence-electron chi connectivity index (χ0n) is 19.8. The molecule has 2 N–H and O–H groups in total. The predicted molar refractivity (Wildman–Crippen MR) is 124 cm³/mol. The predicted octanol–water partition coefficient (Wildman–Crippen LogP) is 1.55. The number of morpholine rings is 1. The van der Waals surface area contributed by atoms with Gasteiger partial charge in [0.25, 0.3) is 5.91 Å². The summed E-state index contributed by atoms with van der Waals surface area (Å²) in [5.41, 5.74) is -0.868. The summed E-state index contributed by atoms with van der Waals surface area (Å²) in [7, 11) is -2.40. The fourth-order valence-electron chi connectivity index (χ4n) is 4.35. The molecule has 2 aliphatic rings. The molecule has 0 saturated carbocycles. The van der Waals surface area contributed by atoms with Crippen LogP contribution in [0.15, 0.2) is 23.1 Å². The molecule has 34 heavy (non-hydrogen) atoms. The SMILES string of the molecule is CCCC1(CCC)NC(=O)N(CC(=O)Nc2cc(S(=O)(=O)N3CCOCC3)ccc2OC)C1=O. The minimum Gasteiger partial charge on any atom is -0.495 e. The largest absolute Gasteiger partial charge is 0.495 e. The Balaban J connectivity index is 1.78. The van der Waals surface area contributed by atoms with Crippen LogP contribution >= 0.6 is 0 Å². The maximum absolute atomic E-state index is 13.0. The average molecular weight is 497 g/mol. The van der Waals surface area contributed by atoms with Crippen molar-refractivity contribution in [1.82, 2.24) is 14.5 Å². The van der Waals surface area contributed by atoms with Gasteiger partial charge in [0.15, 0.2) is 0 Å². The van der Waals surface area contributed by atoms with Crippen LogP contribution in [0.4, 0.5) is 10.5 Å². The first-order chi connectivity index (χ1) is 16.2. The second-order valence-corrected chi connectivity index (χ2v) is 10.3. The number of ether oxygens (including phenoxy) is 2. The summed E-state index contributed by atoms with van der Waals surface area (Å²) in [6.45, 7) is 4.44. The lowest BCUT2D eigenvalue weighted by molar-refractivity contribution is -0.134. The highest BCUT2D eigenvalue weighted by molar-refractivity contribution is 7.89. The monoisotopic (exact) mass is 496 g/mol. The second-order valence-electron chi connectivity index (χ2n) is 8.33. The lowest BCUT2D eigenvalue weighted by atomic mass is 9.88. The van der Waals surface area contributed by atoms with Gasteiger partial charge in [-0.2, -0.15) is 4.31 Å². The van der Waals surface area contributed by atoms with Gasteiger partial charge in [0.05, 0.1) is 30.9 Å². The fourth-order valence-corrected chi connectivity index (χ4v) is 5.79. The maximum Gasteiger partial charge on any atom is 0.325 e. The number of carbonyl (C=O) groups is 3. The Kier molecular flexibility index (Phi) is 8.16. The summed E-state index contributed by atoms with van der Waals surface area (Å²) in [4.78, 5) is 39.2. The minimum absolute atomic E-state index is 0.00889. The standard InChI is InChI=1S/C22H32N4O7S/c1-4-8-22(9-5-2)20(28)26(21(29)24-22)15-19(27)23-17-14-16(6-7-18(17)32-3)34(30,31)25-10-12-33-13-11-25/h6-7,14H,4-5,8-13,15H2,1-3H3,(H,23,27)(H,24,29). The minimum atomic E-state index is -3.80. The summed E-state index contributed by atoms with van der Waals surface area (Å²) in [6.07, 6.45) is 2.37. The third-order valence-electron chi connectivity index (χ3n) is 5.95. The number of nitrogens with one attached hydrogen (secondary N) is 2. The molecule has 1 aromatic carbocycles. The van der Waals surface area contributed by atoms with Crippen molar-refractivity contribution in [2.45, 2.75) is 50.0 Å². The Bertz CT molecular complexity index is 1030. The number of benzene rings is 1. The van der Waals surface area contributed by atoms with Crippen molar-refractivity contribution in [2.24, 2.45) is 0 Å². The summed E-state index contributed by atoms with van der Waals surface area (Å²) in [5.74, 6) is -0.823. The van der Waals surface area contributed by atoms with Gasteiger partial charge in [-0.3, -0.25) is 14.5 Å². The van der Waals surface area contributed by atoms with E-state index in [4.69, 9.17) is 9.47 Å². The van der Waals surface area contributed by atoms with Crippen LogP contribution in [0.3, 0.4) is 0 Å². The maximum atomic E-state index is 13.0. The van der Waals surface area contributed by atoms with Gasteiger partial charge < -0.3 is 20.1 Å². The van der Waals surface area contributed by atoms with Crippen molar-refractivity contribution < 1.29 is 32.3 Å². The number of hydrogen-bond donors (Lipinski definition) is 2. The van der Waals surface area contributed by atoms with Crippen LogP contribution in [0.25, 0.3) is 0 Å². The van der Waals surface area contributed by atoms with Crippen molar-refractivity contribution in [1.29, 1.82) is 0 Å². The number of anilines is 1. The van der Waals surface area contributed by atoms with Gasteiger partial charge in [-0.15, -0.1) is 0 Å². The summed E-state index contributed by atoms with van der Waals surface area (Å²) in [5, 5.41) is 5.35. The Morgan fingerprint density at radius 3 is 2.41 bits per heavy atom. The number of hydrogen-bond acceptors (Lipinski definition) is 7. The van der Waals surface area contributed by atoms with E-state index in [1.54, 1.807) is 0 Å². The van der Waals surface area contributed by atoms with E-state index in [2.05, 4.69) is 10.6 Å². The summed E-state index contributed by atoms with van der Waals surface area (Å²) >= 11 is 0. The van der Waals surface area contributed by atoms with E-state index in [1.807, 2.05) is 13.8 Å². The first kappa shape index (κ1) is 25.9. The van der Waals surface area contributed by atoms with Crippen LogP contribution in [0, 0.1) is 0 Å². The van der Waals surface area contributed by atoms with Crippen LogP contribution < -0.4 is 15.4 Å². The number of carbonyl (C=O) groups excluding carboxylic acids is 3. The molecule has 0 aromatic heterocycles. The Hall–Kier alpha value is -2.70. The van der Waals surface area contributed by atoms with Gasteiger partial charge in [-0.1, -0.05) is 26.7 Å². The third-order valence-corrected chi connectivity index (χ3v) is 7.85. The van der Waals surface area contributed by atoms with E-state index in [0.717, 1.165) is 4.90 Å². The Morgan fingerprint density at radius 1 is 1.18 bits per heavy atom. The number of urea groups is 1. The average Bonchev–Trinajstić information content (AvgIpc) is 3.04. The first-order valence-electron chi connectivity index (χ1n) is 11.4. The number of nitrogens with zero attached hydrogens (tertiary/aromatic N) is 2. The zero-order valence-corrected chi connectivity index (χ0v) is 20.6. The van der Waals surface area contributed by atoms with Crippen molar-refractivity contribution in [3.63, 3.8) is 0 Å². The molecule has 1 aromatic rings. The van der Waals surface area contributed by atoms with Crippen LogP contribution in [-0.2, 0) is 24.3 Å². The van der Waals surface area contributed by atoms with Gasteiger partial charge >= 0.3 is 6.03 Å². The van der Waals surface area contributed by atoms with Crippen molar-refractivity contribution in [3.8, 4) is 5.75 Å². The molecule has 0 aliphatic carbocycles. The molecule has 2 fully saturated rings.